The summed E-state index contributed by atoms with van der Waals surface area (Å²) in [5, 5.41) is 17.2. The fourth-order valence-electron chi connectivity index (χ4n) is 3.84. The Kier molecular flexibility index (Phi) is 6.41. The smallest absolute Gasteiger partial charge is 0.308 e. The number of aromatic amines is 1. The van der Waals surface area contributed by atoms with Gasteiger partial charge in [0, 0.05) is 12.5 Å². The number of methoxy groups -OCH3 is 1. The van der Waals surface area contributed by atoms with Crippen LogP contribution in [0.25, 0.3) is 11.3 Å². The molecule has 1 atom stereocenters. The van der Waals surface area contributed by atoms with Crippen LogP contribution in [0.2, 0.25) is 0 Å². The molecule has 9 heteroatoms. The van der Waals surface area contributed by atoms with Gasteiger partial charge in [-0.2, -0.15) is 5.26 Å². The fraction of sp³-hybridized carbons (Fsp3) is 0.240. The van der Waals surface area contributed by atoms with Gasteiger partial charge in [-0.1, -0.05) is 13.0 Å². The first-order chi connectivity index (χ1) is 16.5. The lowest BCUT2D eigenvalue weighted by Gasteiger charge is -2.24. The molecular formula is C25H24N4O5. The number of nitrogens with zero attached hydrogens (tertiary/aromatic N) is 2. The maximum atomic E-state index is 11.4. The minimum absolute atomic E-state index is 0.0237. The summed E-state index contributed by atoms with van der Waals surface area (Å²) >= 11 is 0. The SMILES string of the molecule is CCCOc1ccc(-c2[nH]nc3c2[C@H](c2ccc(OC(C)=O)c(OC)c2)C(C#N)=C(N)O3)cc1. The van der Waals surface area contributed by atoms with E-state index in [1.807, 2.05) is 31.2 Å². The van der Waals surface area contributed by atoms with Gasteiger partial charge >= 0.3 is 5.97 Å². The number of benzene rings is 2. The third-order valence-corrected chi connectivity index (χ3v) is 5.33. The monoisotopic (exact) mass is 460 g/mol. The molecule has 0 saturated heterocycles. The van der Waals surface area contributed by atoms with Crippen molar-refractivity contribution in [1.29, 1.82) is 5.26 Å². The number of carbonyl (C=O) groups is 1. The number of aromatic nitrogens is 2. The number of ether oxygens (including phenoxy) is 4. The maximum absolute atomic E-state index is 11.4. The highest BCUT2D eigenvalue weighted by molar-refractivity contribution is 5.73. The Balaban J connectivity index is 1.81. The summed E-state index contributed by atoms with van der Waals surface area (Å²) in [7, 11) is 1.47. The number of nitrogens with one attached hydrogen (secondary N) is 1. The number of carbonyl (C=O) groups excluding carboxylic acids is 1. The van der Waals surface area contributed by atoms with E-state index in [1.54, 1.807) is 18.2 Å². The number of nitriles is 1. The number of H-pyrrole nitrogens is 1. The summed E-state index contributed by atoms with van der Waals surface area (Å²) in [6, 6.07) is 14.8. The highest BCUT2D eigenvalue weighted by Crippen LogP contribution is 2.47. The highest BCUT2D eigenvalue weighted by atomic mass is 16.6. The molecule has 34 heavy (non-hydrogen) atoms. The van der Waals surface area contributed by atoms with Crippen molar-refractivity contribution in [2.24, 2.45) is 5.73 Å². The van der Waals surface area contributed by atoms with E-state index in [1.165, 1.54) is 14.0 Å². The van der Waals surface area contributed by atoms with E-state index >= 15 is 0 Å². The van der Waals surface area contributed by atoms with E-state index in [-0.39, 0.29) is 23.1 Å². The average Bonchev–Trinajstić information content (AvgIpc) is 3.25. The van der Waals surface area contributed by atoms with Crippen molar-refractivity contribution >= 4 is 5.97 Å². The second-order valence-electron chi connectivity index (χ2n) is 7.62. The standard InChI is InChI=1S/C25H24N4O5/c1-4-11-32-17-8-5-15(6-9-17)23-22-21(18(13-26)24(27)34-25(22)29-28-23)16-7-10-19(33-14(2)30)20(12-16)31-3/h5-10,12,21H,4,11,27H2,1-3H3,(H,28,29)/t21-/m1/s1. The zero-order valence-electron chi connectivity index (χ0n) is 19.0. The first-order valence-corrected chi connectivity index (χ1v) is 10.7. The molecule has 3 aromatic rings. The molecule has 0 radical (unpaired) electrons. The van der Waals surface area contributed by atoms with Crippen LogP contribution in [0.3, 0.4) is 0 Å². The van der Waals surface area contributed by atoms with Crippen molar-refractivity contribution in [1.82, 2.24) is 10.2 Å². The van der Waals surface area contributed by atoms with Gasteiger partial charge in [0.2, 0.25) is 11.8 Å². The molecule has 0 spiro atoms. The largest absolute Gasteiger partial charge is 0.494 e. The number of nitrogens with two attached hydrogens (primary N) is 1. The molecule has 174 valence electrons. The molecular weight excluding hydrogens is 436 g/mol. The van der Waals surface area contributed by atoms with Crippen molar-refractivity contribution in [3.05, 3.63) is 65.0 Å². The van der Waals surface area contributed by atoms with Gasteiger partial charge in [-0.15, -0.1) is 5.10 Å². The molecule has 0 unspecified atom stereocenters. The van der Waals surface area contributed by atoms with Gasteiger partial charge in [-0.25, -0.2) is 0 Å². The Labute approximate surface area is 196 Å². The van der Waals surface area contributed by atoms with Crippen molar-refractivity contribution in [3.63, 3.8) is 0 Å². The molecule has 3 N–H and O–H groups in total. The van der Waals surface area contributed by atoms with Gasteiger partial charge < -0.3 is 24.7 Å². The predicted octanol–water partition coefficient (Wildman–Crippen LogP) is 4.02. The molecule has 1 aliphatic rings. The van der Waals surface area contributed by atoms with E-state index in [0.29, 0.717) is 29.2 Å². The minimum Gasteiger partial charge on any atom is -0.494 e. The summed E-state index contributed by atoms with van der Waals surface area (Å²) in [6.07, 6.45) is 0.916. The van der Waals surface area contributed by atoms with Gasteiger partial charge in [0.05, 0.1) is 30.9 Å². The van der Waals surface area contributed by atoms with Crippen LogP contribution in [0.1, 0.15) is 37.3 Å². The first-order valence-electron chi connectivity index (χ1n) is 10.7. The number of hydrogen-bond acceptors (Lipinski definition) is 8. The lowest BCUT2D eigenvalue weighted by Crippen LogP contribution is -2.21. The van der Waals surface area contributed by atoms with Crippen molar-refractivity contribution < 1.29 is 23.7 Å². The summed E-state index contributed by atoms with van der Waals surface area (Å²) in [5.74, 6) is 0.592. The second kappa shape index (κ2) is 9.58. The van der Waals surface area contributed by atoms with Crippen LogP contribution >= 0.6 is 0 Å². The molecule has 0 saturated carbocycles. The molecule has 4 rings (SSSR count). The molecule has 0 bridgehead atoms. The Morgan fingerprint density at radius 1 is 1.24 bits per heavy atom. The third kappa shape index (κ3) is 4.26. The topological polar surface area (TPSA) is 132 Å². The summed E-state index contributed by atoms with van der Waals surface area (Å²) in [5.41, 5.74) is 9.20. The molecule has 0 amide bonds. The molecule has 0 fully saturated rings. The van der Waals surface area contributed by atoms with Crippen LogP contribution in [0.5, 0.6) is 23.1 Å². The molecule has 2 aromatic carbocycles. The zero-order chi connectivity index (χ0) is 24.2. The van der Waals surface area contributed by atoms with Gasteiger partial charge in [-0.05, 0) is 48.4 Å². The fourth-order valence-corrected chi connectivity index (χ4v) is 3.84. The quantitative estimate of drug-likeness (QED) is 0.399. The van der Waals surface area contributed by atoms with Gasteiger partial charge in [0.1, 0.15) is 17.4 Å². The van der Waals surface area contributed by atoms with Crippen molar-refractivity contribution in [2.45, 2.75) is 26.2 Å². The lowest BCUT2D eigenvalue weighted by atomic mass is 9.83. The number of esters is 1. The number of hydrogen-bond donors (Lipinski definition) is 2. The van der Waals surface area contributed by atoms with Crippen LogP contribution < -0.4 is 24.7 Å². The van der Waals surface area contributed by atoms with Gasteiger partial charge in [-0.3, -0.25) is 9.89 Å². The van der Waals surface area contributed by atoms with E-state index in [0.717, 1.165) is 17.7 Å². The van der Waals surface area contributed by atoms with E-state index in [4.69, 9.17) is 24.7 Å². The first kappa shape index (κ1) is 22.7. The van der Waals surface area contributed by atoms with E-state index in [2.05, 4.69) is 16.3 Å². The number of rotatable bonds is 7. The average molecular weight is 460 g/mol. The Bertz CT molecular complexity index is 1290. The van der Waals surface area contributed by atoms with Gasteiger partial charge in [0.25, 0.3) is 0 Å². The highest BCUT2D eigenvalue weighted by Gasteiger charge is 2.36. The van der Waals surface area contributed by atoms with Crippen LogP contribution in [0, 0.1) is 11.3 Å². The van der Waals surface area contributed by atoms with Crippen molar-refractivity contribution in [2.75, 3.05) is 13.7 Å². The molecule has 9 nitrogen and oxygen atoms in total. The summed E-state index contributed by atoms with van der Waals surface area (Å²) in [6.45, 7) is 3.99. The molecule has 1 aromatic heterocycles. The zero-order valence-corrected chi connectivity index (χ0v) is 19.0. The maximum Gasteiger partial charge on any atom is 0.308 e. The summed E-state index contributed by atoms with van der Waals surface area (Å²) in [4.78, 5) is 11.4. The Morgan fingerprint density at radius 2 is 2.00 bits per heavy atom. The second-order valence-corrected chi connectivity index (χ2v) is 7.62. The molecule has 0 aliphatic carbocycles. The van der Waals surface area contributed by atoms with Crippen LogP contribution in [-0.2, 0) is 4.79 Å². The predicted molar refractivity (Wildman–Crippen MR) is 123 cm³/mol. The number of fused-ring (bicyclic) bond motifs is 1. The Morgan fingerprint density at radius 3 is 2.65 bits per heavy atom. The molecule has 1 aliphatic heterocycles. The third-order valence-electron chi connectivity index (χ3n) is 5.33. The van der Waals surface area contributed by atoms with Crippen LogP contribution in [0.15, 0.2) is 53.9 Å². The number of allylic oxidation sites excluding steroid dienone is 1. The minimum atomic E-state index is -0.584. The van der Waals surface area contributed by atoms with Crippen LogP contribution in [0.4, 0.5) is 0 Å². The Hall–Kier alpha value is -4.45. The van der Waals surface area contributed by atoms with Crippen molar-refractivity contribution in [3.8, 4) is 40.5 Å². The summed E-state index contributed by atoms with van der Waals surface area (Å²) < 4.78 is 22.0. The van der Waals surface area contributed by atoms with Gasteiger partial charge in [0.15, 0.2) is 11.5 Å². The molecule has 2 heterocycles. The normalized spacial score (nSPS) is 14.6. The van der Waals surface area contributed by atoms with E-state index < -0.39 is 11.9 Å². The van der Waals surface area contributed by atoms with Crippen LogP contribution in [-0.4, -0.2) is 29.9 Å². The van der Waals surface area contributed by atoms with E-state index in [9.17, 15) is 10.1 Å². The lowest BCUT2D eigenvalue weighted by molar-refractivity contribution is -0.132.